The summed E-state index contributed by atoms with van der Waals surface area (Å²) in [7, 11) is 3.12. The van der Waals surface area contributed by atoms with Crippen LogP contribution in [0.1, 0.15) is 22.1 Å². The molecule has 0 saturated heterocycles. The minimum absolute atomic E-state index is 0.136. The molecule has 158 valence electrons. The number of hydrogen-bond donors (Lipinski definition) is 2. The number of rotatable bonds is 6. The Morgan fingerprint density at radius 3 is 2.52 bits per heavy atom. The molecule has 31 heavy (non-hydrogen) atoms. The van der Waals surface area contributed by atoms with E-state index in [1.165, 1.54) is 18.2 Å². The maximum atomic E-state index is 13.2. The summed E-state index contributed by atoms with van der Waals surface area (Å²) in [6, 6.07) is 18.0. The van der Waals surface area contributed by atoms with E-state index in [4.69, 9.17) is 9.47 Å². The topological polar surface area (TPSA) is 92.8 Å². The van der Waals surface area contributed by atoms with Gasteiger partial charge in [-0.2, -0.15) is 0 Å². The Balaban J connectivity index is 1.59. The predicted molar refractivity (Wildman–Crippen MR) is 116 cm³/mol. The number of nitrogens with one attached hydrogen (secondary N) is 2. The van der Waals surface area contributed by atoms with E-state index in [0.717, 1.165) is 11.3 Å². The van der Waals surface area contributed by atoms with Gasteiger partial charge in [-0.1, -0.05) is 24.3 Å². The molecule has 2 N–H and O–H groups in total. The highest BCUT2D eigenvalue weighted by atomic mass is 16.5. The van der Waals surface area contributed by atoms with Gasteiger partial charge in [-0.15, -0.1) is 0 Å². The Kier molecular flexibility index (Phi) is 5.70. The third-order valence-electron chi connectivity index (χ3n) is 5.00. The van der Waals surface area contributed by atoms with E-state index < -0.39 is 6.17 Å². The molecule has 0 fully saturated rings. The maximum Gasteiger partial charge on any atom is 0.258 e. The number of para-hydroxylation sites is 1. The molecule has 0 bridgehead atoms. The smallest absolute Gasteiger partial charge is 0.258 e. The SMILES string of the molecule is COc1ccc([C@@H]2Nc3ccccc3C(=O)N2CC(=O)Nc2ccc(OC)nc2)cc1. The van der Waals surface area contributed by atoms with Crippen LogP contribution in [-0.2, 0) is 4.79 Å². The molecular weight excluding hydrogens is 396 g/mol. The van der Waals surface area contributed by atoms with Crippen molar-refractivity contribution in [2.45, 2.75) is 6.17 Å². The Labute approximate surface area is 179 Å². The van der Waals surface area contributed by atoms with Gasteiger partial charge in [0.1, 0.15) is 18.5 Å². The van der Waals surface area contributed by atoms with Crippen LogP contribution in [-0.4, -0.2) is 42.5 Å². The quantitative estimate of drug-likeness (QED) is 0.638. The van der Waals surface area contributed by atoms with Crippen molar-refractivity contribution in [2.24, 2.45) is 0 Å². The molecule has 1 atom stereocenters. The van der Waals surface area contributed by atoms with Crippen molar-refractivity contribution in [1.82, 2.24) is 9.88 Å². The standard InChI is InChI=1S/C23H22N4O4/c1-30-17-10-7-15(8-11-17)22-26-19-6-4-3-5-18(19)23(29)27(22)14-20(28)25-16-9-12-21(31-2)24-13-16/h3-13,22,26H,14H2,1-2H3,(H,25,28)/t22-/m1/s1. The Bertz CT molecular complexity index is 1080. The minimum atomic E-state index is -0.506. The molecule has 1 aromatic heterocycles. The number of benzene rings is 2. The zero-order chi connectivity index (χ0) is 21.8. The molecule has 2 amide bonds. The van der Waals surface area contributed by atoms with Gasteiger partial charge in [-0.3, -0.25) is 9.59 Å². The van der Waals surface area contributed by atoms with Crippen LogP contribution in [0.25, 0.3) is 0 Å². The van der Waals surface area contributed by atoms with Crippen LogP contribution >= 0.6 is 0 Å². The van der Waals surface area contributed by atoms with Crippen molar-refractivity contribution in [3.63, 3.8) is 0 Å². The molecule has 1 aliphatic rings. The van der Waals surface area contributed by atoms with Gasteiger partial charge in [0.15, 0.2) is 0 Å². The van der Waals surface area contributed by atoms with Gasteiger partial charge >= 0.3 is 0 Å². The zero-order valence-corrected chi connectivity index (χ0v) is 17.2. The van der Waals surface area contributed by atoms with Gasteiger partial charge in [0.25, 0.3) is 5.91 Å². The lowest BCUT2D eigenvalue weighted by Gasteiger charge is -2.37. The van der Waals surface area contributed by atoms with E-state index >= 15 is 0 Å². The first kappa shape index (κ1) is 20.2. The molecule has 8 heteroatoms. The third kappa shape index (κ3) is 4.28. The number of ether oxygens (including phenoxy) is 2. The number of carbonyl (C=O) groups excluding carboxylic acids is 2. The Hall–Kier alpha value is -4.07. The first-order chi connectivity index (χ1) is 15.1. The summed E-state index contributed by atoms with van der Waals surface area (Å²) < 4.78 is 10.3. The first-order valence-electron chi connectivity index (χ1n) is 9.69. The van der Waals surface area contributed by atoms with Crippen LogP contribution in [0.15, 0.2) is 66.9 Å². The molecule has 1 aliphatic heterocycles. The number of hydrogen-bond acceptors (Lipinski definition) is 6. The predicted octanol–water partition coefficient (Wildman–Crippen LogP) is 3.30. The Morgan fingerprint density at radius 1 is 1.06 bits per heavy atom. The summed E-state index contributed by atoms with van der Waals surface area (Å²) in [5.74, 6) is 0.602. The molecule has 0 spiro atoms. The summed E-state index contributed by atoms with van der Waals surface area (Å²) in [5, 5.41) is 6.15. The lowest BCUT2D eigenvalue weighted by Crippen LogP contribution is -2.46. The molecule has 0 radical (unpaired) electrons. The van der Waals surface area contributed by atoms with Crippen molar-refractivity contribution in [2.75, 3.05) is 31.4 Å². The summed E-state index contributed by atoms with van der Waals surface area (Å²) in [5.41, 5.74) is 2.60. The van der Waals surface area contributed by atoms with E-state index in [0.29, 0.717) is 22.9 Å². The summed E-state index contributed by atoms with van der Waals surface area (Å²) in [4.78, 5) is 31.6. The monoisotopic (exact) mass is 418 g/mol. The summed E-state index contributed by atoms with van der Waals surface area (Å²) >= 11 is 0. The second-order valence-electron chi connectivity index (χ2n) is 6.94. The summed E-state index contributed by atoms with van der Waals surface area (Å²) in [6.07, 6.45) is 0.997. The molecule has 4 rings (SSSR count). The van der Waals surface area contributed by atoms with Crippen molar-refractivity contribution in [3.05, 3.63) is 78.0 Å². The van der Waals surface area contributed by atoms with Gasteiger partial charge < -0.3 is 25.0 Å². The van der Waals surface area contributed by atoms with E-state index in [-0.39, 0.29) is 18.4 Å². The highest BCUT2D eigenvalue weighted by Crippen LogP contribution is 2.33. The second kappa shape index (κ2) is 8.74. The normalized spacial score (nSPS) is 15.0. The fourth-order valence-corrected chi connectivity index (χ4v) is 3.44. The maximum absolute atomic E-state index is 13.2. The van der Waals surface area contributed by atoms with E-state index in [1.807, 2.05) is 36.4 Å². The highest BCUT2D eigenvalue weighted by Gasteiger charge is 2.34. The number of amides is 2. The zero-order valence-electron chi connectivity index (χ0n) is 17.2. The van der Waals surface area contributed by atoms with Gasteiger partial charge in [-0.05, 0) is 35.9 Å². The number of nitrogens with zero attached hydrogens (tertiary/aromatic N) is 2. The van der Waals surface area contributed by atoms with Crippen LogP contribution in [0.5, 0.6) is 11.6 Å². The first-order valence-corrected chi connectivity index (χ1v) is 9.69. The molecule has 0 saturated carbocycles. The van der Waals surface area contributed by atoms with Crippen molar-refractivity contribution in [1.29, 1.82) is 0 Å². The number of carbonyl (C=O) groups is 2. The molecule has 8 nitrogen and oxygen atoms in total. The van der Waals surface area contributed by atoms with E-state index in [9.17, 15) is 9.59 Å². The largest absolute Gasteiger partial charge is 0.497 e. The van der Waals surface area contributed by atoms with E-state index in [1.54, 1.807) is 31.4 Å². The highest BCUT2D eigenvalue weighted by molar-refractivity contribution is 6.04. The third-order valence-corrected chi connectivity index (χ3v) is 5.00. The lowest BCUT2D eigenvalue weighted by atomic mass is 10.0. The van der Waals surface area contributed by atoms with Crippen molar-refractivity contribution in [3.8, 4) is 11.6 Å². The number of anilines is 2. The molecule has 0 unspecified atom stereocenters. The number of fused-ring (bicyclic) bond motifs is 1. The Morgan fingerprint density at radius 2 is 1.84 bits per heavy atom. The van der Waals surface area contributed by atoms with Crippen molar-refractivity contribution < 1.29 is 19.1 Å². The molecule has 2 aromatic carbocycles. The minimum Gasteiger partial charge on any atom is -0.497 e. The lowest BCUT2D eigenvalue weighted by molar-refractivity contribution is -0.117. The number of pyridine rings is 1. The second-order valence-corrected chi connectivity index (χ2v) is 6.94. The fraction of sp³-hybridized carbons (Fsp3) is 0.174. The number of aromatic nitrogens is 1. The summed E-state index contributed by atoms with van der Waals surface area (Å²) in [6.45, 7) is -0.136. The molecule has 3 aromatic rings. The van der Waals surface area contributed by atoms with E-state index in [2.05, 4.69) is 15.6 Å². The van der Waals surface area contributed by atoms with Gasteiger partial charge in [0, 0.05) is 11.8 Å². The van der Waals surface area contributed by atoms with Gasteiger partial charge in [-0.25, -0.2) is 4.98 Å². The molecule has 0 aliphatic carbocycles. The number of methoxy groups -OCH3 is 2. The van der Waals surface area contributed by atoms with Crippen LogP contribution in [0.4, 0.5) is 11.4 Å². The van der Waals surface area contributed by atoms with Gasteiger partial charge in [0.2, 0.25) is 11.8 Å². The fourth-order valence-electron chi connectivity index (χ4n) is 3.44. The molecular formula is C23H22N4O4. The average molecular weight is 418 g/mol. The van der Waals surface area contributed by atoms with Crippen LogP contribution in [0.3, 0.4) is 0 Å². The van der Waals surface area contributed by atoms with Crippen molar-refractivity contribution >= 4 is 23.2 Å². The van der Waals surface area contributed by atoms with Crippen LogP contribution in [0.2, 0.25) is 0 Å². The molecule has 2 heterocycles. The average Bonchev–Trinajstić information content (AvgIpc) is 2.81. The van der Waals surface area contributed by atoms with Gasteiger partial charge in [0.05, 0.1) is 31.7 Å². The van der Waals surface area contributed by atoms with Crippen LogP contribution in [0, 0.1) is 0 Å². The van der Waals surface area contributed by atoms with Crippen LogP contribution < -0.4 is 20.1 Å².